The van der Waals surface area contributed by atoms with Crippen LogP contribution in [-0.4, -0.2) is 66.5 Å². The SMILES string of the molecule is O=C(CN1CC=C(c2c[nH]c3ccccc23)CC1)N1CCN(c2ccccc2)CC1. The van der Waals surface area contributed by atoms with Gasteiger partial charge < -0.3 is 14.8 Å². The zero-order valence-electron chi connectivity index (χ0n) is 17.3. The third kappa shape index (κ3) is 3.85. The van der Waals surface area contributed by atoms with Gasteiger partial charge in [0.2, 0.25) is 5.91 Å². The van der Waals surface area contributed by atoms with Gasteiger partial charge in [0.05, 0.1) is 6.54 Å². The quantitative estimate of drug-likeness (QED) is 0.728. The van der Waals surface area contributed by atoms with Crippen LogP contribution in [0.2, 0.25) is 0 Å². The molecule has 0 atom stereocenters. The number of hydrogen-bond donors (Lipinski definition) is 1. The second-order valence-electron chi connectivity index (χ2n) is 8.17. The van der Waals surface area contributed by atoms with Crippen molar-refractivity contribution in [2.75, 3.05) is 50.7 Å². The number of aromatic nitrogens is 1. The number of para-hydroxylation sites is 2. The molecule has 1 amide bonds. The largest absolute Gasteiger partial charge is 0.368 e. The van der Waals surface area contributed by atoms with Crippen LogP contribution in [0.5, 0.6) is 0 Å². The highest BCUT2D eigenvalue weighted by Gasteiger charge is 2.24. The molecule has 3 aromatic rings. The van der Waals surface area contributed by atoms with Crippen molar-refractivity contribution in [3.05, 3.63) is 72.4 Å². The highest BCUT2D eigenvalue weighted by Crippen LogP contribution is 2.29. The molecule has 2 aliphatic rings. The molecular formula is C25H28N4O. The molecule has 5 rings (SSSR count). The smallest absolute Gasteiger partial charge is 0.236 e. The van der Waals surface area contributed by atoms with Crippen LogP contribution in [0.1, 0.15) is 12.0 Å². The number of aromatic amines is 1. The minimum atomic E-state index is 0.256. The minimum absolute atomic E-state index is 0.256. The van der Waals surface area contributed by atoms with Crippen molar-refractivity contribution < 1.29 is 4.79 Å². The fourth-order valence-corrected chi connectivity index (χ4v) is 4.58. The van der Waals surface area contributed by atoms with E-state index >= 15 is 0 Å². The second kappa shape index (κ2) is 8.36. The number of nitrogens with zero attached hydrogens (tertiary/aromatic N) is 3. The van der Waals surface area contributed by atoms with Crippen LogP contribution < -0.4 is 4.90 Å². The van der Waals surface area contributed by atoms with Crippen LogP contribution in [0, 0.1) is 0 Å². The number of carbonyl (C=O) groups is 1. The number of anilines is 1. The van der Waals surface area contributed by atoms with E-state index in [0.717, 1.165) is 45.7 Å². The second-order valence-corrected chi connectivity index (χ2v) is 8.17. The summed E-state index contributed by atoms with van der Waals surface area (Å²) in [7, 11) is 0. The molecule has 3 heterocycles. The Morgan fingerprint density at radius 1 is 0.900 bits per heavy atom. The van der Waals surface area contributed by atoms with Gasteiger partial charge in [-0.05, 0) is 30.2 Å². The Morgan fingerprint density at radius 2 is 1.67 bits per heavy atom. The highest BCUT2D eigenvalue weighted by atomic mass is 16.2. The summed E-state index contributed by atoms with van der Waals surface area (Å²) >= 11 is 0. The Balaban J connectivity index is 1.15. The zero-order chi connectivity index (χ0) is 20.3. The van der Waals surface area contributed by atoms with E-state index in [1.165, 1.54) is 27.7 Å². The van der Waals surface area contributed by atoms with Crippen LogP contribution in [0.3, 0.4) is 0 Å². The topological polar surface area (TPSA) is 42.6 Å². The van der Waals surface area contributed by atoms with Gasteiger partial charge in [0, 0.05) is 67.6 Å². The van der Waals surface area contributed by atoms with Crippen LogP contribution in [0.25, 0.3) is 16.5 Å². The number of carbonyl (C=O) groups excluding carboxylic acids is 1. The van der Waals surface area contributed by atoms with E-state index in [9.17, 15) is 4.79 Å². The summed E-state index contributed by atoms with van der Waals surface area (Å²) < 4.78 is 0. The van der Waals surface area contributed by atoms with E-state index < -0.39 is 0 Å². The molecule has 1 N–H and O–H groups in total. The lowest BCUT2D eigenvalue weighted by Gasteiger charge is -2.37. The zero-order valence-corrected chi connectivity index (χ0v) is 17.3. The molecule has 2 aliphatic heterocycles. The van der Waals surface area contributed by atoms with Gasteiger partial charge in [-0.3, -0.25) is 9.69 Å². The van der Waals surface area contributed by atoms with Gasteiger partial charge >= 0.3 is 0 Å². The third-order valence-electron chi connectivity index (χ3n) is 6.34. The Labute approximate surface area is 177 Å². The van der Waals surface area contributed by atoms with Crippen LogP contribution in [0.15, 0.2) is 66.9 Å². The first-order valence-corrected chi connectivity index (χ1v) is 10.8. The fraction of sp³-hybridized carbons (Fsp3) is 0.320. The van der Waals surface area contributed by atoms with Crippen molar-refractivity contribution >= 4 is 28.1 Å². The number of amides is 1. The highest BCUT2D eigenvalue weighted by molar-refractivity contribution is 5.92. The van der Waals surface area contributed by atoms with Gasteiger partial charge in [-0.15, -0.1) is 0 Å². The van der Waals surface area contributed by atoms with Crippen LogP contribution in [-0.2, 0) is 4.79 Å². The van der Waals surface area contributed by atoms with Gasteiger partial charge in [0.25, 0.3) is 0 Å². The molecule has 5 nitrogen and oxygen atoms in total. The first kappa shape index (κ1) is 18.9. The maximum atomic E-state index is 12.8. The van der Waals surface area contributed by atoms with Crippen molar-refractivity contribution in [2.24, 2.45) is 0 Å². The average Bonchev–Trinajstić information content (AvgIpc) is 3.24. The maximum absolute atomic E-state index is 12.8. The fourth-order valence-electron chi connectivity index (χ4n) is 4.58. The van der Waals surface area contributed by atoms with Crippen molar-refractivity contribution in [1.82, 2.24) is 14.8 Å². The summed E-state index contributed by atoms with van der Waals surface area (Å²) in [5, 5.41) is 1.28. The average molecular weight is 401 g/mol. The van der Waals surface area contributed by atoms with E-state index in [0.29, 0.717) is 6.54 Å². The summed E-state index contributed by atoms with van der Waals surface area (Å²) in [6, 6.07) is 18.9. The monoisotopic (exact) mass is 400 g/mol. The molecule has 1 saturated heterocycles. The van der Waals surface area contributed by atoms with Gasteiger partial charge in [0.1, 0.15) is 0 Å². The van der Waals surface area contributed by atoms with Crippen LogP contribution in [0.4, 0.5) is 5.69 Å². The van der Waals surface area contributed by atoms with E-state index in [2.05, 4.69) is 75.6 Å². The molecule has 5 heteroatoms. The molecule has 30 heavy (non-hydrogen) atoms. The molecule has 1 fully saturated rings. The van der Waals surface area contributed by atoms with Crippen molar-refractivity contribution in [3.63, 3.8) is 0 Å². The first-order chi connectivity index (χ1) is 14.8. The van der Waals surface area contributed by atoms with Crippen molar-refractivity contribution in [1.29, 1.82) is 0 Å². The normalized spacial score (nSPS) is 17.9. The van der Waals surface area contributed by atoms with Crippen molar-refractivity contribution in [2.45, 2.75) is 6.42 Å². The number of H-pyrrole nitrogens is 1. The number of hydrogen-bond acceptors (Lipinski definition) is 3. The third-order valence-corrected chi connectivity index (χ3v) is 6.34. The molecule has 0 aliphatic carbocycles. The van der Waals surface area contributed by atoms with Gasteiger partial charge in [0.15, 0.2) is 0 Å². The summed E-state index contributed by atoms with van der Waals surface area (Å²) in [6.45, 7) is 5.70. The molecule has 0 spiro atoms. The summed E-state index contributed by atoms with van der Waals surface area (Å²) in [4.78, 5) is 22.9. The van der Waals surface area contributed by atoms with Gasteiger partial charge in [-0.1, -0.05) is 42.5 Å². The molecule has 2 aromatic carbocycles. The first-order valence-electron chi connectivity index (χ1n) is 10.8. The lowest BCUT2D eigenvalue weighted by atomic mass is 9.99. The lowest BCUT2D eigenvalue weighted by molar-refractivity contribution is -0.132. The number of benzene rings is 2. The Kier molecular flexibility index (Phi) is 5.28. The van der Waals surface area contributed by atoms with E-state index in [1.54, 1.807) is 0 Å². The Bertz CT molecular complexity index is 1050. The predicted octanol–water partition coefficient (Wildman–Crippen LogP) is 3.61. The number of rotatable bonds is 4. The van der Waals surface area contributed by atoms with Gasteiger partial charge in [-0.2, -0.15) is 0 Å². The number of nitrogens with one attached hydrogen (secondary N) is 1. The molecule has 1 aromatic heterocycles. The van der Waals surface area contributed by atoms with Gasteiger partial charge in [-0.25, -0.2) is 0 Å². The predicted molar refractivity (Wildman–Crippen MR) is 123 cm³/mol. The summed E-state index contributed by atoms with van der Waals surface area (Å²) in [5.74, 6) is 0.256. The van der Waals surface area contributed by atoms with E-state index in [-0.39, 0.29) is 5.91 Å². The maximum Gasteiger partial charge on any atom is 0.236 e. The summed E-state index contributed by atoms with van der Waals surface area (Å²) in [5.41, 5.74) is 5.11. The van der Waals surface area contributed by atoms with E-state index in [4.69, 9.17) is 0 Å². The lowest BCUT2D eigenvalue weighted by Crippen LogP contribution is -2.51. The standard InChI is InChI=1S/C25H28N4O/c30-25(29-16-14-28(15-17-29)21-6-2-1-3-7-21)19-27-12-10-20(11-13-27)23-18-26-24-9-5-4-8-22(23)24/h1-10,18,26H,11-17,19H2. The molecule has 154 valence electrons. The van der Waals surface area contributed by atoms with Crippen LogP contribution >= 0.6 is 0 Å². The molecule has 0 unspecified atom stereocenters. The molecule has 0 bridgehead atoms. The Morgan fingerprint density at radius 3 is 2.43 bits per heavy atom. The van der Waals surface area contributed by atoms with E-state index in [1.807, 2.05) is 11.0 Å². The summed E-state index contributed by atoms with van der Waals surface area (Å²) in [6.07, 6.45) is 5.39. The Hall–Kier alpha value is -3.05. The minimum Gasteiger partial charge on any atom is -0.368 e. The number of fused-ring (bicyclic) bond motifs is 1. The molecule has 0 saturated carbocycles. The molecule has 0 radical (unpaired) electrons. The van der Waals surface area contributed by atoms with Crippen molar-refractivity contribution in [3.8, 4) is 0 Å². The number of piperazine rings is 1. The molecular weight excluding hydrogens is 372 g/mol.